The zero-order valence-corrected chi connectivity index (χ0v) is 29.4. The van der Waals surface area contributed by atoms with Crippen molar-refractivity contribution in [2.24, 2.45) is 0 Å². The number of fused-ring (bicyclic) bond motifs is 3. The largest absolute Gasteiger partial charge is 0.481 e. The summed E-state index contributed by atoms with van der Waals surface area (Å²) >= 11 is 14.2. The number of oxazole rings is 1. The Morgan fingerprint density at radius 1 is 1.06 bits per heavy atom. The fraction of sp³-hybridized carbons (Fsp3) is 0.256. The molecule has 3 aromatic carbocycles. The summed E-state index contributed by atoms with van der Waals surface area (Å²) in [5, 5.41) is 37.6. The molecular weight excluding hydrogens is 701 g/mol. The maximum atomic E-state index is 11.0. The number of nitriles is 1. The number of rotatable bonds is 10. The number of β-amino-alcohol motifs (C(OH)–C–C–N with tert-alkyl or cyclic N) is 1. The van der Waals surface area contributed by atoms with Gasteiger partial charge in [-0.2, -0.15) is 5.26 Å². The second-order valence-electron chi connectivity index (χ2n) is 13.2. The average molecular weight is 735 g/mol. The molecule has 11 nitrogen and oxygen atoms in total. The highest BCUT2D eigenvalue weighted by Gasteiger charge is 2.29. The summed E-state index contributed by atoms with van der Waals surface area (Å²) in [6.07, 6.45) is 5.53. The number of hydrogen-bond donors (Lipinski definition) is 4. The lowest BCUT2D eigenvalue weighted by Crippen LogP contribution is -2.22. The van der Waals surface area contributed by atoms with Gasteiger partial charge in [-0.15, -0.1) is 0 Å². The third-order valence-electron chi connectivity index (χ3n) is 9.80. The molecule has 3 aromatic heterocycles. The Balaban J connectivity index is 1.09. The summed E-state index contributed by atoms with van der Waals surface area (Å²) in [7, 11) is 0. The smallest absolute Gasteiger partial charge is 0.304 e. The van der Waals surface area contributed by atoms with Gasteiger partial charge < -0.3 is 25.3 Å². The molecule has 0 spiro atoms. The Hall–Kier alpha value is -5.09. The van der Waals surface area contributed by atoms with E-state index in [1.165, 1.54) is 0 Å². The lowest BCUT2D eigenvalue weighted by molar-refractivity contribution is -0.136. The van der Waals surface area contributed by atoms with E-state index in [9.17, 15) is 15.2 Å². The highest BCUT2D eigenvalue weighted by Crippen LogP contribution is 2.44. The lowest BCUT2D eigenvalue weighted by atomic mass is 10.0. The van der Waals surface area contributed by atoms with Crippen LogP contribution < -0.4 is 10.6 Å². The van der Waals surface area contributed by atoms with Crippen LogP contribution in [0.5, 0.6) is 0 Å². The number of aromatic nitrogens is 3. The minimum absolute atomic E-state index is 0.00967. The zero-order chi connectivity index (χ0) is 35.9. The Labute approximate surface area is 308 Å². The van der Waals surface area contributed by atoms with Gasteiger partial charge in [-0.3, -0.25) is 14.7 Å². The number of pyridine rings is 2. The molecule has 2 aliphatic rings. The van der Waals surface area contributed by atoms with Crippen molar-refractivity contribution in [1.82, 2.24) is 25.2 Å². The number of anilines is 2. The van der Waals surface area contributed by atoms with E-state index in [4.69, 9.17) is 42.7 Å². The highest BCUT2D eigenvalue weighted by molar-refractivity contribution is 6.39. The van der Waals surface area contributed by atoms with Crippen LogP contribution in [0.25, 0.3) is 44.6 Å². The van der Waals surface area contributed by atoms with Gasteiger partial charge in [0.1, 0.15) is 22.7 Å². The number of carboxylic acids is 1. The van der Waals surface area contributed by atoms with Gasteiger partial charge in [-0.1, -0.05) is 47.5 Å². The van der Waals surface area contributed by atoms with Crippen molar-refractivity contribution >= 4 is 62.7 Å². The highest BCUT2D eigenvalue weighted by atomic mass is 35.5. The number of benzene rings is 3. The molecule has 262 valence electrons. The summed E-state index contributed by atoms with van der Waals surface area (Å²) in [6, 6.07) is 19.4. The predicted molar refractivity (Wildman–Crippen MR) is 200 cm³/mol. The predicted octanol–water partition coefficient (Wildman–Crippen LogP) is 7.65. The molecule has 8 rings (SSSR count). The van der Waals surface area contributed by atoms with Crippen molar-refractivity contribution in [3.63, 3.8) is 0 Å². The first-order valence-electron chi connectivity index (χ1n) is 17.1. The molecule has 1 saturated heterocycles. The number of aliphatic carboxylic acids is 1. The van der Waals surface area contributed by atoms with Crippen molar-refractivity contribution in [2.75, 3.05) is 25.0 Å². The van der Waals surface area contributed by atoms with Crippen LogP contribution in [0.4, 0.5) is 11.5 Å². The van der Waals surface area contributed by atoms with Gasteiger partial charge in [-0.05, 0) is 66.3 Å². The molecule has 1 aliphatic heterocycles. The summed E-state index contributed by atoms with van der Waals surface area (Å²) in [6.45, 7) is 2.57. The maximum absolute atomic E-state index is 11.0. The van der Waals surface area contributed by atoms with Crippen LogP contribution in [0.2, 0.25) is 10.0 Å². The van der Waals surface area contributed by atoms with Gasteiger partial charge in [0.2, 0.25) is 5.89 Å². The molecule has 1 aliphatic carbocycles. The molecule has 13 heteroatoms. The van der Waals surface area contributed by atoms with Crippen molar-refractivity contribution in [2.45, 2.75) is 44.4 Å². The number of aliphatic hydroxyl groups is 1. The number of nitrogens with zero attached hydrogens (tertiary/aromatic N) is 5. The van der Waals surface area contributed by atoms with Crippen molar-refractivity contribution in [1.29, 1.82) is 5.26 Å². The molecule has 0 unspecified atom stereocenters. The van der Waals surface area contributed by atoms with Gasteiger partial charge in [0.25, 0.3) is 0 Å². The molecule has 4 N–H and O–H groups in total. The number of aliphatic hydroxyl groups excluding tert-OH is 1. The Morgan fingerprint density at radius 2 is 1.87 bits per heavy atom. The molecule has 4 heterocycles. The van der Waals surface area contributed by atoms with Crippen LogP contribution in [0.3, 0.4) is 0 Å². The first-order chi connectivity index (χ1) is 25.3. The average Bonchev–Trinajstić information content (AvgIpc) is 3.86. The molecule has 6 aromatic rings. The fourth-order valence-electron chi connectivity index (χ4n) is 7.31. The third-order valence-corrected chi connectivity index (χ3v) is 10.6. The summed E-state index contributed by atoms with van der Waals surface area (Å²) in [4.78, 5) is 27.4. The molecule has 0 radical (unpaired) electrons. The van der Waals surface area contributed by atoms with Gasteiger partial charge in [0, 0.05) is 61.1 Å². The standard InChI is InChI=1S/C39H33Cl2N7O4/c40-34-25(3-1-5-27(34)39-47-32-16-28-24(29(17-42)37(32)52-39)7-8-30(28)43-13-10-33(50)51)26-4-2-6-31(35(26)41)46-38-36-22(9-12-44-38)15-21(18-45-36)19-48-14-11-23(49)20-48/h1-6,9,12,15-16,18,23,30,43,49H,7-8,10-11,13-14,19-20H2,(H,44,46)(H,50,51)/t23-,30-/m1/s1. The Bertz CT molecular complexity index is 2410. The molecule has 0 bridgehead atoms. The normalized spacial score (nSPS) is 17.1. The van der Waals surface area contributed by atoms with Gasteiger partial charge in [-0.25, -0.2) is 9.97 Å². The first kappa shape index (κ1) is 34.0. The number of carbonyl (C=O) groups is 1. The van der Waals surface area contributed by atoms with Crippen LogP contribution in [0, 0.1) is 11.3 Å². The molecule has 0 amide bonds. The monoisotopic (exact) mass is 733 g/mol. The Morgan fingerprint density at radius 3 is 2.65 bits per heavy atom. The second-order valence-corrected chi connectivity index (χ2v) is 14.0. The summed E-state index contributed by atoms with van der Waals surface area (Å²) in [5.41, 5.74) is 7.47. The molecular formula is C39H33Cl2N7O4. The summed E-state index contributed by atoms with van der Waals surface area (Å²) < 4.78 is 6.25. The quantitative estimate of drug-likeness (QED) is 0.110. The van der Waals surface area contributed by atoms with E-state index < -0.39 is 5.97 Å². The first-order valence-corrected chi connectivity index (χ1v) is 17.8. The van der Waals surface area contributed by atoms with Crippen LogP contribution >= 0.6 is 23.2 Å². The van der Waals surface area contributed by atoms with E-state index in [2.05, 4.69) is 32.7 Å². The molecule has 1 fully saturated rings. The van der Waals surface area contributed by atoms with E-state index in [-0.39, 0.29) is 24.5 Å². The molecule has 52 heavy (non-hydrogen) atoms. The van der Waals surface area contributed by atoms with E-state index in [0.29, 0.717) is 79.9 Å². The van der Waals surface area contributed by atoms with Crippen molar-refractivity contribution < 1.29 is 19.4 Å². The van der Waals surface area contributed by atoms with Crippen molar-refractivity contribution in [3.05, 3.63) is 99.3 Å². The fourth-order valence-corrected chi connectivity index (χ4v) is 7.90. The Kier molecular flexibility index (Phi) is 9.25. The minimum Gasteiger partial charge on any atom is -0.481 e. The lowest BCUT2D eigenvalue weighted by Gasteiger charge is -2.16. The minimum atomic E-state index is -0.868. The molecule has 0 saturated carbocycles. The van der Waals surface area contributed by atoms with Crippen LogP contribution in [-0.4, -0.2) is 61.8 Å². The number of halogens is 2. The van der Waals surface area contributed by atoms with E-state index in [0.717, 1.165) is 48.0 Å². The van der Waals surface area contributed by atoms with E-state index >= 15 is 0 Å². The van der Waals surface area contributed by atoms with E-state index in [1.54, 1.807) is 6.20 Å². The number of hydrogen-bond acceptors (Lipinski definition) is 10. The van der Waals surface area contributed by atoms with Crippen molar-refractivity contribution in [3.8, 4) is 28.7 Å². The SMILES string of the molecule is N#Cc1c2c(cc3nc(-c4cccc(-c5cccc(Nc6nccc7cc(CN8CC[C@@H](O)C8)cnc67)c5Cl)c4Cl)oc13)[C@H](NCCC(=O)O)CC2. The number of likely N-dealkylation sites (tertiary alicyclic amines) is 1. The third kappa shape index (κ3) is 6.45. The topological polar surface area (TPSA) is 160 Å². The van der Waals surface area contributed by atoms with E-state index in [1.807, 2.05) is 54.7 Å². The summed E-state index contributed by atoms with van der Waals surface area (Å²) in [5.74, 6) is -0.0346. The van der Waals surface area contributed by atoms with Crippen LogP contribution in [0.15, 0.2) is 71.4 Å². The van der Waals surface area contributed by atoms with Crippen LogP contribution in [0.1, 0.15) is 47.6 Å². The van der Waals surface area contributed by atoms with Gasteiger partial charge >= 0.3 is 5.97 Å². The zero-order valence-electron chi connectivity index (χ0n) is 27.9. The number of carboxylic acid groups (broad SMARTS) is 1. The second kappa shape index (κ2) is 14.1. The molecule has 2 atom stereocenters. The van der Waals surface area contributed by atoms with Gasteiger partial charge in [0.05, 0.1) is 33.8 Å². The van der Waals surface area contributed by atoms with Crippen LogP contribution in [-0.2, 0) is 17.8 Å². The van der Waals surface area contributed by atoms with Gasteiger partial charge in [0.15, 0.2) is 11.4 Å². The maximum Gasteiger partial charge on any atom is 0.304 e. The number of nitrogens with one attached hydrogen (secondary N) is 2.